The van der Waals surface area contributed by atoms with Gasteiger partial charge in [-0.2, -0.15) is 0 Å². The minimum atomic E-state index is -0.517. The molecule has 2 aromatic rings. The molecule has 1 aromatic carbocycles. The molecule has 6 nitrogen and oxygen atoms in total. The third-order valence-electron chi connectivity index (χ3n) is 4.47. The van der Waals surface area contributed by atoms with Crippen LogP contribution in [0.4, 0.5) is 4.79 Å². The first-order valence-corrected chi connectivity index (χ1v) is 9.51. The maximum absolute atomic E-state index is 12.4. The summed E-state index contributed by atoms with van der Waals surface area (Å²) < 4.78 is 11.4. The molecule has 3 rings (SSSR count). The number of ether oxygens (including phenoxy) is 2. The van der Waals surface area contributed by atoms with Crippen LogP contribution in [0.5, 0.6) is 5.88 Å². The molecule has 1 atom stereocenters. The summed E-state index contributed by atoms with van der Waals surface area (Å²) >= 11 is 0. The van der Waals surface area contributed by atoms with Crippen LogP contribution < -0.4 is 4.74 Å². The number of rotatable bonds is 5. The Bertz CT molecular complexity index is 844. The number of amides is 1. The number of aromatic nitrogens is 1. The molecule has 0 bridgehead atoms. The highest BCUT2D eigenvalue weighted by Gasteiger charge is 2.32. The third-order valence-corrected chi connectivity index (χ3v) is 4.47. The Hall–Kier alpha value is -2.89. The van der Waals surface area contributed by atoms with E-state index < -0.39 is 5.60 Å². The fourth-order valence-electron chi connectivity index (χ4n) is 3.18. The molecular formula is C22H26N2O4. The van der Waals surface area contributed by atoms with E-state index in [9.17, 15) is 9.59 Å². The van der Waals surface area contributed by atoms with Gasteiger partial charge in [0.1, 0.15) is 18.5 Å². The second-order valence-electron chi connectivity index (χ2n) is 7.89. The van der Waals surface area contributed by atoms with Crippen LogP contribution in [-0.4, -0.2) is 47.1 Å². The maximum Gasteiger partial charge on any atom is 0.410 e. The zero-order valence-corrected chi connectivity index (χ0v) is 16.6. The van der Waals surface area contributed by atoms with E-state index in [1.54, 1.807) is 23.1 Å². The molecule has 1 saturated heterocycles. The summed E-state index contributed by atoms with van der Waals surface area (Å²) in [4.78, 5) is 29.7. The van der Waals surface area contributed by atoms with E-state index in [0.29, 0.717) is 24.6 Å². The first-order chi connectivity index (χ1) is 13.4. The molecule has 28 heavy (non-hydrogen) atoms. The number of pyridine rings is 1. The summed E-state index contributed by atoms with van der Waals surface area (Å²) in [6, 6.07) is 12.8. The number of carbonyl (C=O) groups is 2. The lowest BCUT2D eigenvalue weighted by molar-refractivity contribution is 0.0185. The molecule has 0 N–H and O–H groups in total. The molecule has 0 aliphatic carbocycles. The van der Waals surface area contributed by atoms with Gasteiger partial charge in [0.2, 0.25) is 5.88 Å². The smallest absolute Gasteiger partial charge is 0.410 e. The van der Waals surface area contributed by atoms with Gasteiger partial charge in [-0.3, -0.25) is 4.79 Å². The average molecular weight is 382 g/mol. The first-order valence-electron chi connectivity index (χ1n) is 9.51. The fourth-order valence-corrected chi connectivity index (χ4v) is 3.18. The molecule has 0 unspecified atom stereocenters. The lowest BCUT2D eigenvalue weighted by Crippen LogP contribution is -2.42. The Labute approximate surface area is 165 Å². The Morgan fingerprint density at radius 1 is 1.25 bits per heavy atom. The van der Waals surface area contributed by atoms with Gasteiger partial charge in [-0.1, -0.05) is 24.3 Å². The van der Waals surface area contributed by atoms with Crippen LogP contribution in [-0.2, 0) is 4.74 Å². The van der Waals surface area contributed by atoms with Crippen LogP contribution >= 0.6 is 0 Å². The van der Waals surface area contributed by atoms with Crippen LogP contribution in [0.25, 0.3) is 11.3 Å². The lowest BCUT2D eigenvalue weighted by Gasteiger charge is -2.28. The third kappa shape index (κ3) is 5.09. The predicted molar refractivity (Wildman–Crippen MR) is 107 cm³/mol. The highest BCUT2D eigenvalue weighted by atomic mass is 16.6. The van der Waals surface area contributed by atoms with Gasteiger partial charge in [-0.25, -0.2) is 9.78 Å². The molecule has 1 aliphatic rings. The number of nitrogens with zero attached hydrogens (tertiary/aromatic N) is 2. The maximum atomic E-state index is 12.4. The largest absolute Gasteiger partial charge is 0.475 e. The van der Waals surface area contributed by atoms with Gasteiger partial charge in [0, 0.05) is 23.7 Å². The van der Waals surface area contributed by atoms with E-state index >= 15 is 0 Å². The lowest BCUT2D eigenvalue weighted by atomic mass is 10.1. The molecule has 1 fully saturated rings. The van der Waals surface area contributed by atoms with Crippen molar-refractivity contribution in [3.05, 3.63) is 48.0 Å². The molecule has 1 aliphatic heterocycles. The van der Waals surface area contributed by atoms with Crippen LogP contribution in [0.15, 0.2) is 42.5 Å². The fraction of sp³-hybridized carbons (Fsp3) is 0.409. The van der Waals surface area contributed by atoms with Gasteiger partial charge in [-0.15, -0.1) is 0 Å². The number of benzene rings is 1. The molecular weight excluding hydrogens is 356 g/mol. The molecule has 6 heteroatoms. The van der Waals surface area contributed by atoms with Gasteiger partial charge in [0.25, 0.3) is 0 Å². The van der Waals surface area contributed by atoms with E-state index in [0.717, 1.165) is 30.4 Å². The SMILES string of the molecule is CC(C)(C)OC(=O)N1CCC[C@H]1COc1cccc(-c2cccc(C=O)c2)n1. The van der Waals surface area contributed by atoms with Crippen molar-refractivity contribution in [3.8, 4) is 17.1 Å². The number of likely N-dealkylation sites (tertiary alicyclic amines) is 1. The Morgan fingerprint density at radius 3 is 2.79 bits per heavy atom. The highest BCUT2D eigenvalue weighted by Crippen LogP contribution is 2.23. The second-order valence-corrected chi connectivity index (χ2v) is 7.89. The summed E-state index contributed by atoms with van der Waals surface area (Å²) in [6.07, 6.45) is 2.32. The van der Waals surface area contributed by atoms with Gasteiger partial charge < -0.3 is 14.4 Å². The normalized spacial score (nSPS) is 16.7. The first kappa shape index (κ1) is 19.9. The number of aldehydes is 1. The molecule has 0 saturated carbocycles. The summed E-state index contributed by atoms with van der Waals surface area (Å²) in [5, 5.41) is 0. The van der Waals surface area contributed by atoms with Gasteiger partial charge >= 0.3 is 6.09 Å². The molecule has 2 heterocycles. The van der Waals surface area contributed by atoms with E-state index in [1.165, 1.54) is 0 Å². The van der Waals surface area contributed by atoms with E-state index in [1.807, 2.05) is 45.0 Å². The average Bonchev–Trinajstić information content (AvgIpc) is 3.14. The van der Waals surface area contributed by atoms with Gasteiger partial charge in [0.05, 0.1) is 11.7 Å². The van der Waals surface area contributed by atoms with Gasteiger partial charge in [0.15, 0.2) is 0 Å². The molecule has 0 radical (unpaired) electrons. The Kier molecular flexibility index (Phi) is 5.97. The summed E-state index contributed by atoms with van der Waals surface area (Å²) in [5.74, 6) is 0.491. The van der Waals surface area contributed by atoms with E-state index in [2.05, 4.69) is 4.98 Å². The van der Waals surface area contributed by atoms with Crippen molar-refractivity contribution in [1.82, 2.24) is 9.88 Å². The zero-order valence-electron chi connectivity index (χ0n) is 16.6. The van der Waals surface area contributed by atoms with Crippen molar-refractivity contribution in [2.45, 2.75) is 45.3 Å². The van der Waals surface area contributed by atoms with Crippen molar-refractivity contribution >= 4 is 12.4 Å². The predicted octanol–water partition coefficient (Wildman–Crippen LogP) is 4.34. The molecule has 1 amide bonds. The minimum Gasteiger partial charge on any atom is -0.475 e. The Balaban J connectivity index is 1.66. The van der Waals surface area contributed by atoms with E-state index in [-0.39, 0.29) is 12.1 Å². The van der Waals surface area contributed by atoms with Crippen LogP contribution in [0.3, 0.4) is 0 Å². The molecule has 1 aromatic heterocycles. The number of hydrogen-bond acceptors (Lipinski definition) is 5. The van der Waals surface area contributed by atoms with Crippen LogP contribution in [0.1, 0.15) is 44.0 Å². The Morgan fingerprint density at radius 2 is 2.04 bits per heavy atom. The van der Waals surface area contributed by atoms with Crippen molar-refractivity contribution in [3.63, 3.8) is 0 Å². The highest BCUT2D eigenvalue weighted by molar-refractivity contribution is 5.78. The molecule has 0 spiro atoms. The van der Waals surface area contributed by atoms with Crippen LogP contribution in [0, 0.1) is 0 Å². The topological polar surface area (TPSA) is 68.7 Å². The summed E-state index contributed by atoms with van der Waals surface area (Å²) in [6.45, 7) is 6.63. The molecule has 148 valence electrons. The van der Waals surface area contributed by atoms with Crippen molar-refractivity contribution in [1.29, 1.82) is 0 Å². The second kappa shape index (κ2) is 8.42. The van der Waals surface area contributed by atoms with Crippen molar-refractivity contribution in [2.24, 2.45) is 0 Å². The summed E-state index contributed by atoms with van der Waals surface area (Å²) in [7, 11) is 0. The minimum absolute atomic E-state index is 0.0290. The quantitative estimate of drug-likeness (QED) is 0.720. The summed E-state index contributed by atoms with van der Waals surface area (Å²) in [5.41, 5.74) is 1.67. The number of carbonyl (C=O) groups excluding carboxylic acids is 2. The van der Waals surface area contributed by atoms with Crippen molar-refractivity contribution in [2.75, 3.05) is 13.2 Å². The number of hydrogen-bond donors (Lipinski definition) is 0. The van der Waals surface area contributed by atoms with Crippen LogP contribution in [0.2, 0.25) is 0 Å². The van der Waals surface area contributed by atoms with Gasteiger partial charge in [-0.05, 0) is 45.7 Å². The standard InChI is InChI=1S/C22H26N2O4/c1-22(2,3)28-21(26)24-12-6-9-18(24)15-27-20-11-5-10-19(23-20)17-8-4-7-16(13-17)14-25/h4-5,7-8,10-11,13-14,18H,6,9,12,15H2,1-3H3/t18-/m0/s1. The zero-order chi connectivity index (χ0) is 20.1. The monoisotopic (exact) mass is 382 g/mol. The van der Waals surface area contributed by atoms with Crippen molar-refractivity contribution < 1.29 is 19.1 Å². The van der Waals surface area contributed by atoms with E-state index in [4.69, 9.17) is 9.47 Å².